The van der Waals surface area contributed by atoms with Crippen LogP contribution in [0.2, 0.25) is 0 Å². The van der Waals surface area contributed by atoms with Crippen LogP contribution in [0.25, 0.3) is 10.9 Å². The molecule has 2 aromatic rings. The maximum absolute atomic E-state index is 12.9. The number of para-hydroxylation sites is 1. The Morgan fingerprint density at radius 3 is 2.59 bits per heavy atom. The predicted molar refractivity (Wildman–Crippen MR) is 102 cm³/mol. The maximum atomic E-state index is 12.9. The summed E-state index contributed by atoms with van der Waals surface area (Å²) in [6, 6.07) is 6.76. The second kappa shape index (κ2) is 8.21. The van der Waals surface area contributed by atoms with Crippen LogP contribution < -0.4 is 5.32 Å². The molecule has 8 heteroatoms. The first kappa shape index (κ1) is 19.5. The van der Waals surface area contributed by atoms with Gasteiger partial charge in [-0.15, -0.1) is 0 Å². The van der Waals surface area contributed by atoms with E-state index >= 15 is 0 Å². The summed E-state index contributed by atoms with van der Waals surface area (Å²) in [6.07, 6.45) is -1.32. The van der Waals surface area contributed by atoms with E-state index in [1.807, 2.05) is 29.3 Å². The normalized spacial score (nSPS) is 18.1. The molecule has 1 aromatic carbocycles. The van der Waals surface area contributed by atoms with E-state index < -0.39 is 12.2 Å². The fourth-order valence-corrected chi connectivity index (χ4v) is 3.51. The third-order valence-corrected chi connectivity index (χ3v) is 5.20. The number of piperazine rings is 1. The summed E-state index contributed by atoms with van der Waals surface area (Å²) in [7, 11) is 1.71. The van der Waals surface area contributed by atoms with Gasteiger partial charge in [0, 0.05) is 56.9 Å². The summed E-state index contributed by atoms with van der Waals surface area (Å²) in [5.74, 6) is 0.745. The molecule has 3 rings (SSSR count). The van der Waals surface area contributed by atoms with E-state index in [4.69, 9.17) is 0 Å². The Kier molecular flexibility index (Phi) is 5.94. The number of aromatic amines is 1. The minimum atomic E-state index is -4.18. The van der Waals surface area contributed by atoms with Crippen LogP contribution in [0.4, 0.5) is 13.2 Å². The van der Waals surface area contributed by atoms with Crippen molar-refractivity contribution >= 4 is 16.9 Å². The van der Waals surface area contributed by atoms with Crippen LogP contribution in [-0.4, -0.2) is 72.7 Å². The van der Waals surface area contributed by atoms with Crippen molar-refractivity contribution < 1.29 is 13.2 Å². The highest BCUT2D eigenvalue weighted by atomic mass is 19.4. The van der Waals surface area contributed by atoms with E-state index in [1.54, 1.807) is 7.05 Å². The van der Waals surface area contributed by atoms with Gasteiger partial charge in [0.2, 0.25) is 0 Å². The van der Waals surface area contributed by atoms with Crippen molar-refractivity contribution in [2.24, 2.45) is 4.99 Å². The predicted octanol–water partition coefficient (Wildman–Crippen LogP) is 2.85. The molecule has 0 saturated carbocycles. The van der Waals surface area contributed by atoms with Gasteiger partial charge in [-0.2, -0.15) is 13.2 Å². The lowest BCUT2D eigenvalue weighted by atomic mass is 10.1. The highest BCUT2D eigenvalue weighted by molar-refractivity contribution is 5.83. The van der Waals surface area contributed by atoms with Crippen molar-refractivity contribution in [2.75, 3.05) is 39.8 Å². The Bertz CT molecular complexity index is 775. The molecule has 1 fully saturated rings. The van der Waals surface area contributed by atoms with Gasteiger partial charge in [0.1, 0.15) is 6.04 Å². The summed E-state index contributed by atoms with van der Waals surface area (Å²) in [6.45, 7) is 3.77. The van der Waals surface area contributed by atoms with Crippen molar-refractivity contribution in [1.82, 2.24) is 20.1 Å². The van der Waals surface area contributed by atoms with Crippen molar-refractivity contribution in [3.8, 4) is 0 Å². The Morgan fingerprint density at radius 1 is 1.22 bits per heavy atom. The fourth-order valence-electron chi connectivity index (χ4n) is 3.51. The van der Waals surface area contributed by atoms with E-state index in [-0.39, 0.29) is 0 Å². The molecular formula is C19H26F3N5. The summed E-state index contributed by atoms with van der Waals surface area (Å²) >= 11 is 0. The Morgan fingerprint density at radius 2 is 1.93 bits per heavy atom. The zero-order valence-corrected chi connectivity index (χ0v) is 15.7. The van der Waals surface area contributed by atoms with Gasteiger partial charge in [0.25, 0.3) is 0 Å². The average molecular weight is 381 g/mol. The number of rotatable bonds is 4. The standard InChI is InChI=1S/C19H26F3N5/c1-14(19(20,21)22)26-9-11-27(12-10-26)18(23-2)24-8-7-15-13-25-17-6-4-3-5-16(15)17/h3-6,13-14,25H,7-12H2,1-2H3,(H,23,24). The molecule has 1 aromatic heterocycles. The molecule has 1 aliphatic rings. The highest BCUT2D eigenvalue weighted by Crippen LogP contribution is 2.25. The molecule has 1 aliphatic heterocycles. The molecule has 1 atom stereocenters. The molecular weight excluding hydrogens is 355 g/mol. The second-order valence-corrected chi connectivity index (χ2v) is 6.82. The van der Waals surface area contributed by atoms with E-state index in [2.05, 4.69) is 21.4 Å². The lowest BCUT2D eigenvalue weighted by molar-refractivity contribution is -0.181. The van der Waals surface area contributed by atoms with Crippen LogP contribution in [0.3, 0.4) is 0 Å². The second-order valence-electron chi connectivity index (χ2n) is 6.82. The summed E-state index contributed by atoms with van der Waals surface area (Å²) in [5, 5.41) is 4.55. The maximum Gasteiger partial charge on any atom is 0.403 e. The van der Waals surface area contributed by atoms with Gasteiger partial charge >= 0.3 is 6.18 Å². The molecule has 2 N–H and O–H groups in total. The number of halogens is 3. The third-order valence-electron chi connectivity index (χ3n) is 5.20. The SMILES string of the molecule is CN=C(NCCc1c[nH]c2ccccc12)N1CCN(C(C)C(F)(F)F)CC1. The molecule has 0 spiro atoms. The van der Waals surface area contributed by atoms with Crippen molar-refractivity contribution in [3.63, 3.8) is 0 Å². The minimum Gasteiger partial charge on any atom is -0.361 e. The number of nitrogens with zero attached hydrogens (tertiary/aromatic N) is 3. The number of fused-ring (bicyclic) bond motifs is 1. The van der Waals surface area contributed by atoms with Crippen LogP contribution in [0.5, 0.6) is 0 Å². The summed E-state index contributed by atoms with van der Waals surface area (Å²) < 4.78 is 38.6. The minimum absolute atomic E-state index is 0.379. The molecule has 0 amide bonds. The third kappa shape index (κ3) is 4.55. The number of aromatic nitrogens is 1. The molecule has 1 unspecified atom stereocenters. The number of benzene rings is 1. The van der Waals surface area contributed by atoms with Crippen LogP contribution in [0.15, 0.2) is 35.5 Å². The number of H-pyrrole nitrogens is 1. The summed E-state index contributed by atoms with van der Waals surface area (Å²) in [5.41, 5.74) is 2.35. The van der Waals surface area contributed by atoms with Crippen molar-refractivity contribution in [2.45, 2.75) is 25.6 Å². The highest BCUT2D eigenvalue weighted by Gasteiger charge is 2.41. The van der Waals surface area contributed by atoms with Gasteiger partial charge in [-0.1, -0.05) is 18.2 Å². The molecule has 27 heavy (non-hydrogen) atoms. The molecule has 0 bridgehead atoms. The molecule has 0 radical (unpaired) electrons. The topological polar surface area (TPSA) is 46.7 Å². The number of hydrogen-bond donors (Lipinski definition) is 2. The Balaban J connectivity index is 1.50. The molecule has 0 aliphatic carbocycles. The lowest BCUT2D eigenvalue weighted by Gasteiger charge is -2.39. The molecule has 5 nitrogen and oxygen atoms in total. The first-order chi connectivity index (χ1) is 12.9. The average Bonchev–Trinajstić information content (AvgIpc) is 3.07. The Labute approximate surface area is 157 Å². The van der Waals surface area contributed by atoms with E-state index in [9.17, 15) is 13.2 Å². The van der Waals surface area contributed by atoms with Gasteiger partial charge < -0.3 is 15.2 Å². The van der Waals surface area contributed by atoms with Crippen LogP contribution >= 0.6 is 0 Å². The molecule has 2 heterocycles. The zero-order chi connectivity index (χ0) is 19.4. The monoisotopic (exact) mass is 381 g/mol. The number of hydrogen-bond acceptors (Lipinski definition) is 2. The quantitative estimate of drug-likeness (QED) is 0.632. The Hall–Kier alpha value is -2.22. The first-order valence-electron chi connectivity index (χ1n) is 9.21. The number of guanidine groups is 1. The van der Waals surface area contributed by atoms with Gasteiger partial charge in [0.15, 0.2) is 5.96 Å². The van der Waals surface area contributed by atoms with Gasteiger partial charge in [-0.3, -0.25) is 9.89 Å². The number of aliphatic imine (C=N–C) groups is 1. The van der Waals surface area contributed by atoms with Crippen molar-refractivity contribution in [1.29, 1.82) is 0 Å². The van der Waals surface area contributed by atoms with E-state index in [1.165, 1.54) is 22.8 Å². The van der Waals surface area contributed by atoms with Gasteiger partial charge in [0.05, 0.1) is 0 Å². The first-order valence-corrected chi connectivity index (χ1v) is 9.21. The summed E-state index contributed by atoms with van der Waals surface area (Å²) in [4.78, 5) is 11.1. The molecule has 148 valence electrons. The number of nitrogens with one attached hydrogen (secondary N) is 2. The fraction of sp³-hybridized carbons (Fsp3) is 0.526. The van der Waals surface area contributed by atoms with Gasteiger partial charge in [-0.05, 0) is 25.0 Å². The van der Waals surface area contributed by atoms with E-state index in [0.717, 1.165) is 17.9 Å². The largest absolute Gasteiger partial charge is 0.403 e. The smallest absolute Gasteiger partial charge is 0.361 e. The number of alkyl halides is 3. The molecule has 1 saturated heterocycles. The zero-order valence-electron chi connectivity index (χ0n) is 15.7. The van der Waals surface area contributed by atoms with Crippen LogP contribution in [0, 0.1) is 0 Å². The van der Waals surface area contributed by atoms with Crippen LogP contribution in [0.1, 0.15) is 12.5 Å². The van der Waals surface area contributed by atoms with Crippen molar-refractivity contribution in [3.05, 3.63) is 36.0 Å². The van der Waals surface area contributed by atoms with Crippen LogP contribution in [-0.2, 0) is 6.42 Å². The van der Waals surface area contributed by atoms with E-state index in [0.29, 0.717) is 32.7 Å². The van der Waals surface area contributed by atoms with Gasteiger partial charge in [-0.25, -0.2) is 0 Å². The lowest BCUT2D eigenvalue weighted by Crippen LogP contribution is -2.56.